The minimum absolute atomic E-state index is 0. The first kappa shape index (κ1) is 19.1. The van der Waals surface area contributed by atoms with Gasteiger partial charge in [0.1, 0.15) is 0 Å². The molecule has 19 heavy (non-hydrogen) atoms. The van der Waals surface area contributed by atoms with Crippen LogP contribution in [-0.4, -0.2) is 46.0 Å². The summed E-state index contributed by atoms with van der Waals surface area (Å²) in [5, 5.41) is 3.30. The van der Waals surface area contributed by atoms with Gasteiger partial charge in [0.25, 0.3) is 0 Å². The molecular weight excluding hydrogens is 288 g/mol. The fraction of sp³-hybridized carbons (Fsp3) is 1.00. The van der Waals surface area contributed by atoms with Gasteiger partial charge in [-0.1, -0.05) is 0 Å². The summed E-state index contributed by atoms with van der Waals surface area (Å²) in [6.45, 7) is 7.93. The molecule has 0 aromatic heterocycles. The smallest absolute Gasteiger partial charge is 0.214 e. The lowest BCUT2D eigenvalue weighted by molar-refractivity contribution is 0.0911. The van der Waals surface area contributed by atoms with Crippen LogP contribution in [0.3, 0.4) is 0 Å². The minimum atomic E-state index is -3.23. The van der Waals surface area contributed by atoms with E-state index in [1.165, 1.54) is 0 Å². The number of piperidine rings is 1. The highest BCUT2D eigenvalue weighted by molar-refractivity contribution is 7.89. The zero-order chi connectivity index (χ0) is 13.6. The molecule has 1 rings (SSSR count). The molecule has 0 saturated carbocycles. The van der Waals surface area contributed by atoms with Crippen molar-refractivity contribution in [3.63, 3.8) is 0 Å². The Morgan fingerprint density at radius 1 is 1.37 bits per heavy atom. The molecule has 0 bridgehead atoms. The highest BCUT2D eigenvalue weighted by Crippen LogP contribution is 2.14. The molecule has 0 radical (unpaired) electrons. The van der Waals surface area contributed by atoms with Crippen molar-refractivity contribution in [1.82, 2.24) is 10.0 Å². The van der Waals surface area contributed by atoms with Crippen LogP contribution in [0.4, 0.5) is 0 Å². The Balaban J connectivity index is 0.00000324. The minimum Gasteiger partial charge on any atom is -0.378 e. The maximum Gasteiger partial charge on any atom is 0.214 e. The molecule has 0 spiro atoms. The van der Waals surface area contributed by atoms with E-state index in [0.717, 1.165) is 25.9 Å². The molecule has 116 valence electrons. The van der Waals surface area contributed by atoms with Crippen LogP contribution in [0.5, 0.6) is 0 Å². The van der Waals surface area contributed by atoms with Gasteiger partial charge in [0.2, 0.25) is 10.0 Å². The third-order valence-electron chi connectivity index (χ3n) is 3.21. The van der Waals surface area contributed by atoms with Crippen molar-refractivity contribution in [2.24, 2.45) is 5.92 Å². The van der Waals surface area contributed by atoms with Crippen LogP contribution in [0.2, 0.25) is 0 Å². The van der Waals surface area contributed by atoms with Gasteiger partial charge in [-0.3, -0.25) is 0 Å². The van der Waals surface area contributed by atoms with Gasteiger partial charge in [0, 0.05) is 6.04 Å². The van der Waals surface area contributed by atoms with Crippen molar-refractivity contribution >= 4 is 22.4 Å². The Morgan fingerprint density at radius 3 is 2.58 bits per heavy atom. The van der Waals surface area contributed by atoms with Crippen LogP contribution in [-0.2, 0) is 14.8 Å². The zero-order valence-corrected chi connectivity index (χ0v) is 13.6. The van der Waals surface area contributed by atoms with E-state index in [9.17, 15) is 8.42 Å². The van der Waals surface area contributed by atoms with Crippen LogP contribution in [0, 0.1) is 5.92 Å². The molecule has 0 aromatic carbocycles. The number of rotatable bonds is 7. The number of ether oxygens (including phenoxy) is 1. The van der Waals surface area contributed by atoms with Crippen molar-refractivity contribution in [2.45, 2.75) is 45.8 Å². The molecule has 2 N–H and O–H groups in total. The van der Waals surface area contributed by atoms with Gasteiger partial charge >= 0.3 is 0 Å². The monoisotopic (exact) mass is 314 g/mol. The van der Waals surface area contributed by atoms with Gasteiger partial charge in [-0.2, -0.15) is 0 Å². The Bertz CT molecular complexity index is 330. The van der Waals surface area contributed by atoms with E-state index >= 15 is 0 Å². The zero-order valence-electron chi connectivity index (χ0n) is 12.0. The number of hydrogen-bond donors (Lipinski definition) is 2. The first-order chi connectivity index (χ1) is 8.41. The number of halogens is 1. The third kappa shape index (κ3) is 8.09. The molecule has 7 heteroatoms. The summed E-state index contributed by atoms with van der Waals surface area (Å²) in [5.41, 5.74) is 0. The van der Waals surface area contributed by atoms with E-state index in [0.29, 0.717) is 5.92 Å². The maximum absolute atomic E-state index is 11.9. The number of hydrogen-bond acceptors (Lipinski definition) is 4. The van der Waals surface area contributed by atoms with E-state index in [1.54, 1.807) is 0 Å². The van der Waals surface area contributed by atoms with Crippen LogP contribution in [0.1, 0.15) is 33.6 Å². The normalized spacial score (nSPS) is 22.0. The summed E-state index contributed by atoms with van der Waals surface area (Å²) in [6, 6.07) is -0.0122. The van der Waals surface area contributed by atoms with Gasteiger partial charge in [-0.25, -0.2) is 13.1 Å². The molecule has 1 saturated heterocycles. The standard InChI is InChI=1S/C12H26N2O3S.ClH/c1-10(2)17-7-8-18(15,16)14-11(3)12-5-4-6-13-9-12;/h10-14H,4-9H2,1-3H3;1H. The molecular formula is C12H27ClN2O3S. The topological polar surface area (TPSA) is 67.4 Å². The summed E-state index contributed by atoms with van der Waals surface area (Å²) in [4.78, 5) is 0. The van der Waals surface area contributed by atoms with Crippen LogP contribution >= 0.6 is 12.4 Å². The Morgan fingerprint density at radius 2 is 2.05 bits per heavy atom. The van der Waals surface area contributed by atoms with E-state index in [1.807, 2.05) is 20.8 Å². The van der Waals surface area contributed by atoms with E-state index in [4.69, 9.17) is 4.74 Å². The summed E-state index contributed by atoms with van der Waals surface area (Å²) in [6.07, 6.45) is 2.27. The van der Waals surface area contributed by atoms with Crippen molar-refractivity contribution in [1.29, 1.82) is 0 Å². The summed E-state index contributed by atoms with van der Waals surface area (Å²) >= 11 is 0. The molecule has 5 nitrogen and oxygen atoms in total. The van der Waals surface area contributed by atoms with Gasteiger partial charge in [0.15, 0.2) is 0 Å². The molecule has 1 heterocycles. The maximum atomic E-state index is 11.9. The fourth-order valence-corrected chi connectivity index (χ4v) is 3.33. The van der Waals surface area contributed by atoms with Gasteiger partial charge in [-0.05, 0) is 52.6 Å². The molecule has 0 aromatic rings. The van der Waals surface area contributed by atoms with E-state index < -0.39 is 10.0 Å². The molecule has 1 aliphatic rings. The average molecular weight is 315 g/mol. The van der Waals surface area contributed by atoms with Crippen molar-refractivity contribution in [3.05, 3.63) is 0 Å². The molecule has 1 aliphatic heterocycles. The van der Waals surface area contributed by atoms with Crippen molar-refractivity contribution < 1.29 is 13.2 Å². The quantitative estimate of drug-likeness (QED) is 0.739. The number of nitrogens with one attached hydrogen (secondary N) is 2. The molecule has 2 atom stereocenters. The van der Waals surface area contributed by atoms with Gasteiger partial charge in [0.05, 0.1) is 18.5 Å². The van der Waals surface area contributed by atoms with Gasteiger partial charge < -0.3 is 10.1 Å². The fourth-order valence-electron chi connectivity index (χ4n) is 2.14. The first-order valence-corrected chi connectivity index (χ1v) is 8.38. The molecule has 1 fully saturated rings. The average Bonchev–Trinajstić information content (AvgIpc) is 2.28. The van der Waals surface area contributed by atoms with Crippen LogP contribution in [0.15, 0.2) is 0 Å². The Hall–Kier alpha value is 0.120. The predicted molar refractivity (Wildman–Crippen MR) is 80.3 cm³/mol. The lowest BCUT2D eigenvalue weighted by Gasteiger charge is -2.28. The molecule has 2 unspecified atom stereocenters. The lowest BCUT2D eigenvalue weighted by atomic mass is 9.94. The summed E-state index contributed by atoms with van der Waals surface area (Å²) in [7, 11) is -3.23. The van der Waals surface area contributed by atoms with Crippen molar-refractivity contribution in [3.8, 4) is 0 Å². The highest BCUT2D eigenvalue weighted by Gasteiger charge is 2.23. The van der Waals surface area contributed by atoms with Gasteiger partial charge in [-0.15, -0.1) is 12.4 Å². The van der Waals surface area contributed by atoms with E-state index in [-0.39, 0.29) is 36.9 Å². The van der Waals surface area contributed by atoms with Crippen molar-refractivity contribution in [2.75, 3.05) is 25.4 Å². The second kappa shape index (κ2) is 9.13. The summed E-state index contributed by atoms with van der Waals surface area (Å²) in [5.74, 6) is 0.426. The predicted octanol–water partition coefficient (Wildman–Crippen LogP) is 1.14. The first-order valence-electron chi connectivity index (χ1n) is 6.73. The van der Waals surface area contributed by atoms with Crippen LogP contribution < -0.4 is 10.0 Å². The largest absolute Gasteiger partial charge is 0.378 e. The SMILES string of the molecule is CC(C)OCCS(=O)(=O)NC(C)C1CCCNC1.Cl. The number of sulfonamides is 1. The Labute approximate surface area is 123 Å². The highest BCUT2D eigenvalue weighted by atomic mass is 35.5. The lowest BCUT2D eigenvalue weighted by Crippen LogP contribution is -2.45. The summed E-state index contributed by atoms with van der Waals surface area (Å²) < 4.78 is 31.7. The van der Waals surface area contributed by atoms with E-state index in [2.05, 4.69) is 10.0 Å². The third-order valence-corrected chi connectivity index (χ3v) is 4.65. The second-order valence-corrected chi connectivity index (χ2v) is 7.12. The molecule has 0 amide bonds. The van der Waals surface area contributed by atoms with Crippen LogP contribution in [0.25, 0.3) is 0 Å². The second-order valence-electron chi connectivity index (χ2n) is 5.25. The molecule has 0 aliphatic carbocycles. The Kier molecular flexibility index (Phi) is 9.19.